The highest BCUT2D eigenvalue weighted by molar-refractivity contribution is 8.00. The Kier molecular flexibility index (Phi) is 5.04. The first-order valence-electron chi connectivity index (χ1n) is 4.75. The van der Waals surface area contributed by atoms with Crippen LogP contribution in [-0.4, -0.2) is 35.8 Å². The first kappa shape index (κ1) is 10.4. The van der Waals surface area contributed by atoms with Gasteiger partial charge in [0.25, 0.3) is 0 Å². The summed E-state index contributed by atoms with van der Waals surface area (Å²) in [6.45, 7) is 3.55. The predicted molar refractivity (Wildman–Crippen MR) is 54.6 cm³/mol. The molecule has 1 aliphatic rings. The van der Waals surface area contributed by atoms with Gasteiger partial charge in [-0.3, -0.25) is 0 Å². The average molecular weight is 189 g/mol. The van der Waals surface area contributed by atoms with Crippen LogP contribution in [0.5, 0.6) is 0 Å². The second-order valence-corrected chi connectivity index (χ2v) is 4.69. The van der Waals surface area contributed by atoms with E-state index in [1.807, 2.05) is 11.8 Å². The Balaban J connectivity index is 1.82. The Morgan fingerprint density at radius 2 is 2.33 bits per heavy atom. The van der Waals surface area contributed by atoms with Crippen LogP contribution < -0.4 is 5.32 Å². The summed E-state index contributed by atoms with van der Waals surface area (Å²) in [7, 11) is 0. The summed E-state index contributed by atoms with van der Waals surface area (Å²) in [4.78, 5) is 0. The number of thioether (sulfide) groups is 1. The van der Waals surface area contributed by atoms with Crippen LogP contribution in [0.25, 0.3) is 0 Å². The van der Waals surface area contributed by atoms with E-state index in [0.29, 0.717) is 12.5 Å². The van der Waals surface area contributed by atoms with Gasteiger partial charge in [-0.15, -0.1) is 0 Å². The molecular weight excluding hydrogens is 170 g/mol. The topological polar surface area (TPSA) is 32.3 Å². The van der Waals surface area contributed by atoms with E-state index >= 15 is 0 Å². The van der Waals surface area contributed by atoms with Gasteiger partial charge in [-0.25, -0.2) is 0 Å². The number of nitrogens with one attached hydrogen (secondary N) is 1. The zero-order chi connectivity index (χ0) is 8.81. The lowest BCUT2D eigenvalue weighted by Crippen LogP contribution is -2.40. The molecule has 1 rings (SSSR count). The zero-order valence-electron chi connectivity index (χ0n) is 7.75. The molecule has 2 N–H and O–H groups in total. The van der Waals surface area contributed by atoms with Gasteiger partial charge in [0.15, 0.2) is 0 Å². The molecule has 0 aromatic rings. The Bertz CT molecular complexity index is 110. The second kappa shape index (κ2) is 5.84. The average Bonchev–Trinajstić information content (AvgIpc) is 2.00. The van der Waals surface area contributed by atoms with Gasteiger partial charge < -0.3 is 10.4 Å². The van der Waals surface area contributed by atoms with Crippen LogP contribution in [0.4, 0.5) is 0 Å². The van der Waals surface area contributed by atoms with Crippen LogP contribution in [-0.2, 0) is 0 Å². The number of rotatable bonds is 6. The third kappa shape index (κ3) is 3.78. The van der Waals surface area contributed by atoms with Gasteiger partial charge in [-0.05, 0) is 25.3 Å². The minimum atomic E-state index is 0.333. The fourth-order valence-corrected chi connectivity index (χ4v) is 1.91. The smallest absolute Gasteiger partial charge is 0.0456 e. The normalized spacial score (nSPS) is 20.5. The highest BCUT2D eigenvalue weighted by Gasteiger charge is 2.16. The summed E-state index contributed by atoms with van der Waals surface area (Å²) in [6, 6.07) is 0.777. The Labute approximate surface area is 79.1 Å². The first-order valence-corrected chi connectivity index (χ1v) is 5.90. The highest BCUT2D eigenvalue weighted by atomic mass is 32.2. The molecule has 1 unspecified atom stereocenters. The van der Waals surface area contributed by atoms with Crippen LogP contribution >= 0.6 is 11.8 Å². The van der Waals surface area contributed by atoms with Crippen molar-refractivity contribution in [2.45, 2.75) is 25.8 Å². The standard InChI is InChI=1S/C9H19NOS/c1-8(5-11)3-2-4-10-9-6-12-7-9/h8-11H,2-7H2,1H3. The molecule has 0 aromatic carbocycles. The Morgan fingerprint density at radius 3 is 2.83 bits per heavy atom. The van der Waals surface area contributed by atoms with Crippen molar-refractivity contribution >= 4 is 11.8 Å². The van der Waals surface area contributed by atoms with Crippen molar-refractivity contribution in [3.05, 3.63) is 0 Å². The van der Waals surface area contributed by atoms with Crippen molar-refractivity contribution < 1.29 is 5.11 Å². The molecule has 2 nitrogen and oxygen atoms in total. The van der Waals surface area contributed by atoms with E-state index in [4.69, 9.17) is 5.11 Å². The van der Waals surface area contributed by atoms with Gasteiger partial charge in [0.2, 0.25) is 0 Å². The molecular formula is C9H19NOS. The first-order chi connectivity index (χ1) is 5.83. The molecule has 0 spiro atoms. The summed E-state index contributed by atoms with van der Waals surface area (Å²) in [5, 5.41) is 12.3. The van der Waals surface area contributed by atoms with Crippen LogP contribution in [0.1, 0.15) is 19.8 Å². The van der Waals surface area contributed by atoms with E-state index < -0.39 is 0 Å². The third-order valence-corrected chi connectivity index (χ3v) is 3.53. The molecule has 0 aliphatic carbocycles. The number of aliphatic hydroxyl groups excluding tert-OH is 1. The molecule has 0 aromatic heterocycles. The zero-order valence-corrected chi connectivity index (χ0v) is 8.57. The maximum absolute atomic E-state index is 8.78. The van der Waals surface area contributed by atoms with Crippen molar-refractivity contribution in [3.63, 3.8) is 0 Å². The van der Waals surface area contributed by atoms with E-state index in [-0.39, 0.29) is 0 Å². The van der Waals surface area contributed by atoms with E-state index in [2.05, 4.69) is 12.2 Å². The van der Waals surface area contributed by atoms with Crippen molar-refractivity contribution in [3.8, 4) is 0 Å². The van der Waals surface area contributed by atoms with Crippen LogP contribution in [0.2, 0.25) is 0 Å². The maximum Gasteiger partial charge on any atom is 0.0456 e. The largest absolute Gasteiger partial charge is 0.396 e. The maximum atomic E-state index is 8.78. The fraction of sp³-hybridized carbons (Fsp3) is 1.00. The number of hydrogen-bond acceptors (Lipinski definition) is 3. The molecule has 12 heavy (non-hydrogen) atoms. The Morgan fingerprint density at radius 1 is 1.58 bits per heavy atom. The van der Waals surface area contributed by atoms with Gasteiger partial charge >= 0.3 is 0 Å². The van der Waals surface area contributed by atoms with E-state index in [1.54, 1.807) is 0 Å². The van der Waals surface area contributed by atoms with Crippen molar-refractivity contribution in [1.29, 1.82) is 0 Å². The van der Waals surface area contributed by atoms with Gasteiger partial charge in [-0.2, -0.15) is 11.8 Å². The lowest BCUT2D eigenvalue weighted by molar-refractivity contribution is 0.227. The van der Waals surface area contributed by atoms with Crippen molar-refractivity contribution in [2.75, 3.05) is 24.7 Å². The number of hydrogen-bond donors (Lipinski definition) is 2. The molecule has 3 heteroatoms. The minimum Gasteiger partial charge on any atom is -0.396 e. The van der Waals surface area contributed by atoms with Gasteiger partial charge in [0.1, 0.15) is 0 Å². The SMILES string of the molecule is CC(CO)CCCNC1CSC1. The van der Waals surface area contributed by atoms with Crippen LogP contribution in [0.3, 0.4) is 0 Å². The summed E-state index contributed by atoms with van der Waals surface area (Å²) in [5.41, 5.74) is 0. The molecule has 1 heterocycles. The monoisotopic (exact) mass is 189 g/mol. The lowest BCUT2D eigenvalue weighted by atomic mass is 10.1. The summed E-state index contributed by atoms with van der Waals surface area (Å²) in [5.74, 6) is 3.05. The third-order valence-electron chi connectivity index (χ3n) is 2.26. The van der Waals surface area contributed by atoms with Crippen LogP contribution in [0.15, 0.2) is 0 Å². The predicted octanol–water partition coefficient (Wildman–Crippen LogP) is 1.10. The molecule has 1 saturated heterocycles. The van der Waals surface area contributed by atoms with E-state index in [0.717, 1.165) is 19.0 Å². The van der Waals surface area contributed by atoms with Gasteiger partial charge in [-0.1, -0.05) is 6.92 Å². The molecule has 0 saturated carbocycles. The second-order valence-electron chi connectivity index (χ2n) is 3.62. The Hall–Kier alpha value is 0.270. The molecule has 1 atom stereocenters. The van der Waals surface area contributed by atoms with Crippen molar-refractivity contribution in [2.24, 2.45) is 5.92 Å². The minimum absolute atomic E-state index is 0.333. The number of aliphatic hydroxyl groups is 1. The molecule has 1 aliphatic heterocycles. The van der Waals surface area contributed by atoms with E-state index in [1.165, 1.54) is 17.9 Å². The lowest BCUT2D eigenvalue weighted by Gasteiger charge is -2.26. The van der Waals surface area contributed by atoms with Gasteiger partial charge in [0, 0.05) is 24.2 Å². The quantitative estimate of drug-likeness (QED) is 0.614. The van der Waals surface area contributed by atoms with Crippen molar-refractivity contribution in [1.82, 2.24) is 5.32 Å². The van der Waals surface area contributed by atoms with E-state index in [9.17, 15) is 0 Å². The summed E-state index contributed by atoms with van der Waals surface area (Å²) < 4.78 is 0. The van der Waals surface area contributed by atoms with Crippen LogP contribution in [0, 0.1) is 5.92 Å². The highest BCUT2D eigenvalue weighted by Crippen LogP contribution is 2.17. The molecule has 72 valence electrons. The summed E-state index contributed by atoms with van der Waals surface area (Å²) >= 11 is 2.01. The summed E-state index contributed by atoms with van der Waals surface area (Å²) in [6.07, 6.45) is 2.34. The molecule has 0 amide bonds. The molecule has 0 bridgehead atoms. The fourth-order valence-electron chi connectivity index (χ4n) is 1.20. The van der Waals surface area contributed by atoms with Gasteiger partial charge in [0.05, 0.1) is 0 Å². The molecule has 0 radical (unpaired) electrons. The molecule has 1 fully saturated rings.